The fourth-order valence-electron chi connectivity index (χ4n) is 1.65. The van der Waals surface area contributed by atoms with E-state index in [2.05, 4.69) is 0 Å². The number of rotatable bonds is 2. The van der Waals surface area contributed by atoms with Gasteiger partial charge in [0.25, 0.3) is 11.8 Å². The van der Waals surface area contributed by atoms with Crippen molar-refractivity contribution in [3.05, 3.63) is 34.9 Å². The Morgan fingerprint density at radius 1 is 1.12 bits per heavy atom. The van der Waals surface area contributed by atoms with Gasteiger partial charge in [-0.2, -0.15) is 5.26 Å². The third-order valence-electron chi connectivity index (χ3n) is 2.46. The number of carbonyl (C=O) groups excluding carboxylic acids is 2. The van der Waals surface area contributed by atoms with Gasteiger partial charge in [0.15, 0.2) is 11.6 Å². The molecule has 1 heterocycles. The molecule has 1 aliphatic rings. The summed E-state index contributed by atoms with van der Waals surface area (Å²) in [7, 11) is 0. The van der Waals surface area contributed by atoms with Crippen LogP contribution in [0.1, 0.15) is 27.1 Å². The Bertz CT molecular complexity index is 522. The van der Waals surface area contributed by atoms with Crippen molar-refractivity contribution in [2.24, 2.45) is 0 Å². The first-order valence-electron chi connectivity index (χ1n) is 4.78. The topological polar surface area (TPSA) is 61.2 Å². The van der Waals surface area contributed by atoms with Crippen LogP contribution in [0.3, 0.4) is 0 Å². The molecule has 0 spiro atoms. The molecule has 0 bridgehead atoms. The number of halogens is 2. The number of benzene rings is 1. The van der Waals surface area contributed by atoms with Gasteiger partial charge in [-0.3, -0.25) is 14.5 Å². The molecule has 0 aromatic heterocycles. The predicted octanol–water partition coefficient (Wildman–Crippen LogP) is 1.47. The number of nitriles is 1. The fourth-order valence-corrected chi connectivity index (χ4v) is 1.65. The van der Waals surface area contributed by atoms with Crippen molar-refractivity contribution in [1.29, 1.82) is 5.26 Å². The second-order valence-corrected chi connectivity index (χ2v) is 3.48. The smallest absolute Gasteiger partial charge is 0.261 e. The average molecular weight is 236 g/mol. The van der Waals surface area contributed by atoms with Gasteiger partial charge < -0.3 is 0 Å². The van der Waals surface area contributed by atoms with Crippen LogP contribution in [0.25, 0.3) is 0 Å². The minimum atomic E-state index is -1.17. The van der Waals surface area contributed by atoms with E-state index in [4.69, 9.17) is 5.26 Å². The molecule has 2 amide bonds. The summed E-state index contributed by atoms with van der Waals surface area (Å²) in [6.07, 6.45) is -0.0174. The van der Waals surface area contributed by atoms with Gasteiger partial charge >= 0.3 is 0 Å². The zero-order chi connectivity index (χ0) is 12.6. The molecular formula is C11H6F2N2O2. The van der Waals surface area contributed by atoms with E-state index in [-0.39, 0.29) is 24.1 Å². The zero-order valence-corrected chi connectivity index (χ0v) is 8.54. The van der Waals surface area contributed by atoms with Gasteiger partial charge in [-0.15, -0.1) is 0 Å². The number of hydrogen-bond acceptors (Lipinski definition) is 3. The highest BCUT2D eigenvalue weighted by atomic mass is 19.2. The third kappa shape index (κ3) is 1.65. The molecule has 0 N–H and O–H groups in total. The second-order valence-electron chi connectivity index (χ2n) is 3.48. The minimum Gasteiger partial charge on any atom is -0.273 e. The van der Waals surface area contributed by atoms with Crippen LogP contribution in [0, 0.1) is 23.0 Å². The Kier molecular flexibility index (Phi) is 2.60. The van der Waals surface area contributed by atoms with Crippen LogP contribution < -0.4 is 0 Å². The Hall–Kier alpha value is -2.29. The van der Waals surface area contributed by atoms with Crippen molar-refractivity contribution >= 4 is 11.8 Å². The van der Waals surface area contributed by atoms with Crippen molar-refractivity contribution in [1.82, 2.24) is 4.90 Å². The van der Waals surface area contributed by atoms with E-state index in [0.717, 1.165) is 4.90 Å². The molecule has 4 nitrogen and oxygen atoms in total. The average Bonchev–Trinajstić information content (AvgIpc) is 2.51. The fraction of sp³-hybridized carbons (Fsp3) is 0.182. The summed E-state index contributed by atoms with van der Waals surface area (Å²) in [5, 5.41) is 8.39. The first-order valence-corrected chi connectivity index (χ1v) is 4.78. The predicted molar refractivity (Wildman–Crippen MR) is 52.0 cm³/mol. The first kappa shape index (κ1) is 11.2. The summed E-state index contributed by atoms with van der Waals surface area (Å²) >= 11 is 0. The highest BCUT2D eigenvalue weighted by Gasteiger charge is 2.36. The van der Waals surface area contributed by atoms with E-state index >= 15 is 0 Å². The maximum atomic E-state index is 12.9. The monoisotopic (exact) mass is 236 g/mol. The normalized spacial score (nSPS) is 13.8. The number of imide groups is 1. The molecule has 0 atom stereocenters. The van der Waals surface area contributed by atoms with Gasteiger partial charge in [0.05, 0.1) is 23.6 Å². The Balaban J connectivity index is 2.43. The number of nitrogens with zero attached hydrogens (tertiary/aromatic N) is 2. The zero-order valence-electron chi connectivity index (χ0n) is 8.54. The molecule has 2 rings (SSSR count). The van der Waals surface area contributed by atoms with Crippen LogP contribution in [-0.2, 0) is 0 Å². The van der Waals surface area contributed by atoms with Crippen LogP contribution >= 0.6 is 0 Å². The molecule has 1 aliphatic heterocycles. The molecule has 86 valence electrons. The highest BCUT2D eigenvalue weighted by molar-refractivity contribution is 6.21. The summed E-state index contributed by atoms with van der Waals surface area (Å²) in [5.74, 6) is -3.74. The van der Waals surface area contributed by atoms with Crippen molar-refractivity contribution in [2.45, 2.75) is 6.42 Å². The van der Waals surface area contributed by atoms with Crippen molar-refractivity contribution in [2.75, 3.05) is 6.54 Å². The molecule has 0 fully saturated rings. The Morgan fingerprint density at radius 2 is 1.59 bits per heavy atom. The van der Waals surface area contributed by atoms with E-state index < -0.39 is 23.4 Å². The number of amides is 2. The second kappa shape index (κ2) is 3.94. The highest BCUT2D eigenvalue weighted by Crippen LogP contribution is 2.25. The lowest BCUT2D eigenvalue weighted by atomic mass is 10.1. The van der Waals surface area contributed by atoms with E-state index in [0.29, 0.717) is 12.1 Å². The van der Waals surface area contributed by atoms with Gasteiger partial charge in [0.2, 0.25) is 0 Å². The van der Waals surface area contributed by atoms with Gasteiger partial charge in [0, 0.05) is 6.54 Å². The third-order valence-corrected chi connectivity index (χ3v) is 2.46. The number of carbonyl (C=O) groups is 2. The van der Waals surface area contributed by atoms with E-state index in [1.165, 1.54) is 0 Å². The van der Waals surface area contributed by atoms with Crippen LogP contribution in [-0.4, -0.2) is 23.3 Å². The van der Waals surface area contributed by atoms with Gasteiger partial charge in [0.1, 0.15) is 0 Å². The lowest BCUT2D eigenvalue weighted by molar-refractivity contribution is 0.0657. The SMILES string of the molecule is N#CCCN1C(=O)c2cc(F)c(F)cc2C1=O. The molecule has 17 heavy (non-hydrogen) atoms. The summed E-state index contributed by atoms with van der Waals surface area (Å²) in [6, 6.07) is 3.20. The summed E-state index contributed by atoms with van der Waals surface area (Å²) < 4.78 is 25.9. The van der Waals surface area contributed by atoms with Crippen molar-refractivity contribution in [3.8, 4) is 6.07 Å². The molecule has 0 radical (unpaired) electrons. The quantitative estimate of drug-likeness (QED) is 0.730. The Morgan fingerprint density at radius 3 is 2.00 bits per heavy atom. The van der Waals surface area contributed by atoms with Crippen molar-refractivity contribution < 1.29 is 18.4 Å². The largest absolute Gasteiger partial charge is 0.273 e. The van der Waals surface area contributed by atoms with Gasteiger partial charge in [-0.05, 0) is 12.1 Å². The molecule has 0 saturated heterocycles. The van der Waals surface area contributed by atoms with Crippen LogP contribution in [0.15, 0.2) is 12.1 Å². The van der Waals surface area contributed by atoms with E-state index in [1.54, 1.807) is 6.07 Å². The molecule has 6 heteroatoms. The summed E-state index contributed by atoms with van der Waals surface area (Å²) in [4.78, 5) is 24.2. The van der Waals surface area contributed by atoms with Gasteiger partial charge in [-0.25, -0.2) is 8.78 Å². The molecule has 1 aromatic carbocycles. The van der Waals surface area contributed by atoms with Crippen molar-refractivity contribution in [3.63, 3.8) is 0 Å². The first-order chi connectivity index (χ1) is 8.06. The standard InChI is InChI=1S/C11H6F2N2O2/c12-8-4-6-7(5-9(8)13)11(17)15(10(6)16)3-1-2-14/h4-5H,1,3H2. The molecule has 0 saturated carbocycles. The number of fused-ring (bicyclic) bond motifs is 1. The summed E-state index contributed by atoms with van der Waals surface area (Å²) in [6.45, 7) is -0.0773. The molecule has 1 aromatic rings. The molecule has 0 aliphatic carbocycles. The van der Waals surface area contributed by atoms with Gasteiger partial charge in [-0.1, -0.05) is 0 Å². The number of hydrogen-bond donors (Lipinski definition) is 0. The molecule has 0 unspecified atom stereocenters. The molecular weight excluding hydrogens is 230 g/mol. The lowest BCUT2D eigenvalue weighted by Crippen LogP contribution is -2.30. The Labute approximate surface area is 95.1 Å². The van der Waals surface area contributed by atoms with Crippen LogP contribution in [0.5, 0.6) is 0 Å². The maximum absolute atomic E-state index is 12.9. The summed E-state index contributed by atoms with van der Waals surface area (Å²) in [5.41, 5.74) is -0.321. The minimum absolute atomic E-state index is 0.0174. The van der Waals surface area contributed by atoms with E-state index in [9.17, 15) is 18.4 Å². The lowest BCUT2D eigenvalue weighted by Gasteiger charge is -2.10. The van der Waals surface area contributed by atoms with E-state index in [1.807, 2.05) is 0 Å². The van der Waals surface area contributed by atoms with Crippen LogP contribution in [0.2, 0.25) is 0 Å². The van der Waals surface area contributed by atoms with Crippen LogP contribution in [0.4, 0.5) is 8.78 Å². The maximum Gasteiger partial charge on any atom is 0.261 e.